The number of likely N-dealkylation sites (N-methyl/N-ethyl adjacent to an activating group) is 1. The lowest BCUT2D eigenvalue weighted by Crippen LogP contribution is -2.56. The fourth-order valence-corrected chi connectivity index (χ4v) is 5.03. The van der Waals surface area contributed by atoms with Crippen molar-refractivity contribution in [3.8, 4) is 0 Å². The van der Waals surface area contributed by atoms with Gasteiger partial charge in [-0.1, -0.05) is 0 Å². The van der Waals surface area contributed by atoms with Gasteiger partial charge in [-0.25, -0.2) is 0 Å². The van der Waals surface area contributed by atoms with Crippen LogP contribution in [0.2, 0.25) is 0 Å². The molecule has 4 aliphatic carbocycles. The summed E-state index contributed by atoms with van der Waals surface area (Å²) in [6, 6.07) is 0.496. The molecule has 19 heavy (non-hydrogen) atoms. The number of ether oxygens (including phenoxy) is 1. The quantitative estimate of drug-likeness (QED) is 0.782. The summed E-state index contributed by atoms with van der Waals surface area (Å²) in [4.78, 5) is 14.3. The number of carbonyl (C=O) groups is 1. The monoisotopic (exact) mass is 265 g/mol. The summed E-state index contributed by atoms with van der Waals surface area (Å²) in [7, 11) is 2.00. The van der Waals surface area contributed by atoms with E-state index in [9.17, 15) is 4.79 Å². The molecule has 0 unspecified atom stereocenters. The molecule has 0 radical (unpaired) electrons. The van der Waals surface area contributed by atoms with E-state index in [1.165, 1.54) is 32.1 Å². The fraction of sp³-hybridized carbons (Fsp3) is 0.938. The van der Waals surface area contributed by atoms with Crippen LogP contribution in [0.5, 0.6) is 0 Å². The molecule has 0 N–H and O–H groups in total. The van der Waals surface area contributed by atoms with Crippen molar-refractivity contribution in [3.63, 3.8) is 0 Å². The summed E-state index contributed by atoms with van der Waals surface area (Å²) in [5, 5.41) is 0. The number of hydrogen-bond acceptors (Lipinski definition) is 2. The van der Waals surface area contributed by atoms with Crippen molar-refractivity contribution in [2.45, 2.75) is 58.1 Å². The summed E-state index contributed by atoms with van der Waals surface area (Å²) >= 11 is 0. The average molecular weight is 265 g/mol. The van der Waals surface area contributed by atoms with E-state index in [2.05, 4.69) is 0 Å². The van der Waals surface area contributed by atoms with Crippen molar-refractivity contribution in [2.24, 2.45) is 23.7 Å². The molecule has 4 rings (SSSR count). The van der Waals surface area contributed by atoms with Crippen LogP contribution in [-0.2, 0) is 9.53 Å². The molecule has 4 fully saturated rings. The molecule has 4 saturated carbocycles. The Morgan fingerprint density at radius 1 is 1.11 bits per heavy atom. The Morgan fingerprint density at radius 3 is 2.11 bits per heavy atom. The molecule has 4 aliphatic rings. The lowest BCUT2D eigenvalue weighted by molar-refractivity contribution is -0.147. The van der Waals surface area contributed by atoms with Gasteiger partial charge in [0.2, 0.25) is 5.91 Å². The van der Waals surface area contributed by atoms with Crippen LogP contribution in [0, 0.1) is 23.7 Å². The molecular formula is C16H27NO2. The van der Waals surface area contributed by atoms with Gasteiger partial charge in [0.25, 0.3) is 0 Å². The van der Waals surface area contributed by atoms with Gasteiger partial charge in [0.15, 0.2) is 0 Å². The minimum atomic E-state index is 0.135. The lowest BCUT2D eigenvalue weighted by Gasteiger charge is -2.56. The molecule has 0 aliphatic heterocycles. The first-order valence-corrected chi connectivity index (χ1v) is 7.91. The molecule has 1 amide bonds. The number of carbonyl (C=O) groups excluding carboxylic acids is 1. The zero-order valence-electron chi connectivity index (χ0n) is 12.5. The number of rotatable bonds is 4. The van der Waals surface area contributed by atoms with Gasteiger partial charge in [0, 0.05) is 13.1 Å². The van der Waals surface area contributed by atoms with Crippen LogP contribution in [0.4, 0.5) is 0 Å². The van der Waals surface area contributed by atoms with Crippen molar-refractivity contribution in [3.05, 3.63) is 0 Å². The van der Waals surface area contributed by atoms with Gasteiger partial charge in [-0.3, -0.25) is 4.79 Å². The van der Waals surface area contributed by atoms with Gasteiger partial charge in [-0.2, -0.15) is 0 Å². The number of hydrogen-bond donors (Lipinski definition) is 0. The normalized spacial score (nSPS) is 39.9. The van der Waals surface area contributed by atoms with Gasteiger partial charge in [0.1, 0.15) is 6.61 Å². The summed E-state index contributed by atoms with van der Waals surface area (Å²) in [6.07, 6.45) is 7.05. The molecule has 0 spiro atoms. The Kier molecular flexibility index (Phi) is 3.59. The van der Waals surface area contributed by atoms with Crippen LogP contribution in [0.1, 0.15) is 46.0 Å². The van der Waals surface area contributed by atoms with Crippen LogP contribution in [0.25, 0.3) is 0 Å². The van der Waals surface area contributed by atoms with Gasteiger partial charge in [-0.05, 0) is 69.6 Å². The van der Waals surface area contributed by atoms with E-state index in [0.717, 1.165) is 23.7 Å². The van der Waals surface area contributed by atoms with E-state index in [0.29, 0.717) is 6.04 Å². The zero-order valence-corrected chi connectivity index (χ0v) is 12.5. The highest BCUT2D eigenvalue weighted by Crippen LogP contribution is 2.54. The smallest absolute Gasteiger partial charge is 0.248 e. The molecule has 4 bridgehead atoms. The van der Waals surface area contributed by atoms with Crippen molar-refractivity contribution in [1.29, 1.82) is 0 Å². The highest BCUT2D eigenvalue weighted by molar-refractivity contribution is 5.77. The minimum Gasteiger partial charge on any atom is -0.369 e. The van der Waals surface area contributed by atoms with Crippen LogP contribution < -0.4 is 0 Å². The number of nitrogens with zero attached hydrogens (tertiary/aromatic N) is 1. The van der Waals surface area contributed by atoms with Crippen LogP contribution in [0.3, 0.4) is 0 Å². The second kappa shape index (κ2) is 5.08. The van der Waals surface area contributed by atoms with Crippen LogP contribution in [-0.4, -0.2) is 36.6 Å². The highest BCUT2D eigenvalue weighted by atomic mass is 16.5. The minimum absolute atomic E-state index is 0.135. The maximum atomic E-state index is 12.3. The lowest BCUT2D eigenvalue weighted by atomic mass is 9.54. The van der Waals surface area contributed by atoms with Crippen molar-refractivity contribution in [2.75, 3.05) is 13.7 Å². The van der Waals surface area contributed by atoms with E-state index in [1.807, 2.05) is 25.8 Å². The first kappa shape index (κ1) is 13.4. The van der Waals surface area contributed by atoms with Crippen molar-refractivity contribution < 1.29 is 9.53 Å². The molecule has 0 aromatic carbocycles. The van der Waals surface area contributed by atoms with Crippen molar-refractivity contribution in [1.82, 2.24) is 4.90 Å². The van der Waals surface area contributed by atoms with Crippen molar-refractivity contribution >= 4 is 5.91 Å². The molecule has 3 nitrogen and oxygen atoms in total. The Labute approximate surface area is 116 Å². The maximum absolute atomic E-state index is 12.3. The molecule has 0 heterocycles. The van der Waals surface area contributed by atoms with E-state index < -0.39 is 0 Å². The Bertz CT molecular complexity index is 325. The van der Waals surface area contributed by atoms with Gasteiger partial charge < -0.3 is 9.64 Å². The maximum Gasteiger partial charge on any atom is 0.248 e. The van der Waals surface area contributed by atoms with Crippen LogP contribution in [0.15, 0.2) is 0 Å². The predicted octanol–water partition coefficient (Wildman–Crippen LogP) is 2.69. The average Bonchev–Trinajstić information content (AvgIpc) is 2.34. The third-order valence-electron chi connectivity index (χ3n) is 5.56. The molecule has 0 atom stereocenters. The van der Waals surface area contributed by atoms with Gasteiger partial charge >= 0.3 is 0 Å². The first-order valence-electron chi connectivity index (χ1n) is 7.91. The predicted molar refractivity (Wildman–Crippen MR) is 74.7 cm³/mol. The summed E-state index contributed by atoms with van der Waals surface area (Å²) in [5.74, 6) is 3.64. The molecule has 0 aromatic heterocycles. The molecular weight excluding hydrogens is 238 g/mol. The Hall–Kier alpha value is -0.570. The summed E-state index contributed by atoms with van der Waals surface area (Å²) in [6.45, 7) is 4.21. The largest absolute Gasteiger partial charge is 0.369 e. The molecule has 0 aromatic rings. The fourth-order valence-electron chi connectivity index (χ4n) is 5.03. The second-order valence-electron chi connectivity index (χ2n) is 7.29. The van der Waals surface area contributed by atoms with Gasteiger partial charge in [0.05, 0.1) is 6.10 Å². The SMILES string of the molecule is CC(C)OCC(=O)N(C)C1C2CC3CC(C2)CC1C3. The molecule has 0 saturated heterocycles. The van der Waals surface area contributed by atoms with Crippen LogP contribution >= 0.6 is 0 Å². The number of amides is 1. The molecule has 3 heteroatoms. The molecule has 108 valence electrons. The van der Waals surface area contributed by atoms with E-state index in [4.69, 9.17) is 4.74 Å². The highest BCUT2D eigenvalue weighted by Gasteiger charge is 2.50. The van der Waals surface area contributed by atoms with E-state index in [1.54, 1.807) is 0 Å². The Morgan fingerprint density at radius 2 is 1.63 bits per heavy atom. The topological polar surface area (TPSA) is 29.5 Å². The Balaban J connectivity index is 1.63. The second-order valence-corrected chi connectivity index (χ2v) is 7.29. The summed E-state index contributed by atoms with van der Waals surface area (Å²) < 4.78 is 5.48. The first-order chi connectivity index (χ1) is 9.04. The standard InChI is InChI=1S/C16H27NO2/c1-10(2)19-9-15(18)17(3)16-13-5-11-4-12(7-13)8-14(16)6-11/h10-14,16H,4-9H2,1-3H3. The van der Waals surface area contributed by atoms with Gasteiger partial charge in [-0.15, -0.1) is 0 Å². The summed E-state index contributed by atoms with van der Waals surface area (Å²) in [5.41, 5.74) is 0. The zero-order chi connectivity index (χ0) is 13.6. The third-order valence-corrected chi connectivity index (χ3v) is 5.56. The third kappa shape index (κ3) is 2.54. The van der Waals surface area contributed by atoms with E-state index >= 15 is 0 Å². The van der Waals surface area contributed by atoms with E-state index in [-0.39, 0.29) is 18.6 Å².